The van der Waals surface area contributed by atoms with Gasteiger partial charge in [0.25, 0.3) is 11.5 Å². The van der Waals surface area contributed by atoms with E-state index in [4.69, 9.17) is 0 Å². The number of benzene rings is 1. The van der Waals surface area contributed by atoms with Gasteiger partial charge in [-0.1, -0.05) is 30.3 Å². The maximum absolute atomic E-state index is 13.9. The first kappa shape index (κ1) is 19.4. The summed E-state index contributed by atoms with van der Waals surface area (Å²) in [6, 6.07) is 8.80. The Bertz CT molecular complexity index is 1060. The minimum atomic E-state index is -5.32. The molecule has 0 fully saturated rings. The van der Waals surface area contributed by atoms with Crippen LogP contribution in [-0.2, 0) is 28.1 Å². The molecule has 0 radical (unpaired) electrons. The van der Waals surface area contributed by atoms with Crippen LogP contribution in [0.3, 0.4) is 0 Å². The van der Waals surface area contributed by atoms with Gasteiger partial charge in [0.05, 0.1) is 0 Å². The Balaban J connectivity index is 2.17. The Kier molecular flexibility index (Phi) is 4.61. The highest BCUT2D eigenvalue weighted by Gasteiger charge is 2.68. The molecule has 28 heavy (non-hydrogen) atoms. The zero-order valence-corrected chi connectivity index (χ0v) is 14.5. The van der Waals surface area contributed by atoms with E-state index < -0.39 is 46.2 Å². The number of fused-ring (bicyclic) bond motifs is 1. The molecule has 0 unspecified atom stereocenters. The molecule has 2 amide bonds. The Labute approximate surface area is 155 Å². The first-order valence-corrected chi connectivity index (χ1v) is 8.16. The smallest absolute Gasteiger partial charge is 0.331 e. The van der Waals surface area contributed by atoms with E-state index in [1.54, 1.807) is 40.6 Å². The minimum absolute atomic E-state index is 0.101. The van der Waals surface area contributed by atoms with Crippen LogP contribution in [0.1, 0.15) is 18.1 Å². The van der Waals surface area contributed by atoms with Gasteiger partial charge < -0.3 is 10.6 Å². The molecule has 8 nitrogen and oxygen atoms in total. The average molecular weight is 396 g/mol. The summed E-state index contributed by atoms with van der Waals surface area (Å²) in [6.07, 6.45) is -5.06. The van der Waals surface area contributed by atoms with E-state index in [9.17, 15) is 32.3 Å². The van der Waals surface area contributed by atoms with Crippen molar-refractivity contribution in [2.24, 2.45) is 0 Å². The molecule has 1 aliphatic heterocycles. The number of carbonyl (C=O) groups is 2. The second-order valence-electron chi connectivity index (χ2n) is 6.25. The molecular formula is C17H15F3N4O4. The van der Waals surface area contributed by atoms with Gasteiger partial charge in [0.15, 0.2) is 0 Å². The fourth-order valence-electron chi connectivity index (χ4n) is 3.19. The molecule has 3 N–H and O–H groups in total. The van der Waals surface area contributed by atoms with Crippen molar-refractivity contribution in [3.05, 3.63) is 62.3 Å². The number of alkyl halides is 3. The van der Waals surface area contributed by atoms with Crippen LogP contribution in [0.2, 0.25) is 0 Å². The lowest BCUT2D eigenvalue weighted by Gasteiger charge is -2.29. The van der Waals surface area contributed by atoms with Crippen molar-refractivity contribution < 1.29 is 22.8 Å². The van der Waals surface area contributed by atoms with Gasteiger partial charge in [-0.2, -0.15) is 13.2 Å². The van der Waals surface area contributed by atoms with Crippen molar-refractivity contribution >= 4 is 17.6 Å². The molecular weight excluding hydrogens is 381 g/mol. The number of amides is 2. The fourth-order valence-corrected chi connectivity index (χ4v) is 3.19. The number of aryl methyl sites for hydroxylation is 1. The monoisotopic (exact) mass is 396 g/mol. The summed E-state index contributed by atoms with van der Waals surface area (Å²) in [5.74, 6) is -3.41. The number of hydrogen-bond donors (Lipinski definition) is 3. The molecule has 0 bridgehead atoms. The van der Waals surface area contributed by atoms with Crippen LogP contribution in [0.25, 0.3) is 0 Å². The number of rotatable bonds is 4. The lowest BCUT2D eigenvalue weighted by atomic mass is 9.92. The van der Waals surface area contributed by atoms with Crippen molar-refractivity contribution in [1.29, 1.82) is 0 Å². The first-order chi connectivity index (χ1) is 13.1. The van der Waals surface area contributed by atoms with Crippen molar-refractivity contribution in [1.82, 2.24) is 14.9 Å². The maximum atomic E-state index is 13.9. The van der Waals surface area contributed by atoms with Crippen molar-refractivity contribution in [2.75, 3.05) is 5.32 Å². The van der Waals surface area contributed by atoms with Crippen LogP contribution in [0.15, 0.2) is 39.9 Å². The Hall–Kier alpha value is -3.37. The summed E-state index contributed by atoms with van der Waals surface area (Å²) < 4.78 is 42.4. The predicted molar refractivity (Wildman–Crippen MR) is 91.6 cm³/mol. The number of hydrogen-bond acceptors (Lipinski definition) is 4. The molecule has 2 aromatic rings. The molecule has 1 aromatic heterocycles. The van der Waals surface area contributed by atoms with Crippen molar-refractivity contribution in [3.8, 4) is 0 Å². The molecule has 1 aromatic carbocycles. The lowest BCUT2D eigenvalue weighted by Crippen LogP contribution is -2.61. The summed E-state index contributed by atoms with van der Waals surface area (Å²) in [7, 11) is 0. The number of aromatic nitrogens is 2. The molecule has 3 rings (SSSR count). The van der Waals surface area contributed by atoms with Gasteiger partial charge in [-0.05, 0) is 12.0 Å². The van der Waals surface area contributed by atoms with Gasteiger partial charge in [-0.15, -0.1) is 0 Å². The van der Waals surface area contributed by atoms with Gasteiger partial charge in [0.1, 0.15) is 11.4 Å². The van der Waals surface area contributed by atoms with E-state index in [2.05, 4.69) is 0 Å². The number of H-pyrrole nitrogens is 1. The summed E-state index contributed by atoms with van der Waals surface area (Å²) >= 11 is 0. The Morgan fingerprint density at radius 2 is 1.82 bits per heavy atom. The molecule has 0 saturated heterocycles. The SMILES string of the molecule is CC(=O)N[C@]1(C(F)(F)F)C(=O)Nc2c1c(=O)[nH]c(=O)n2CCc1ccccc1. The van der Waals surface area contributed by atoms with Crippen LogP contribution in [0, 0.1) is 0 Å². The van der Waals surface area contributed by atoms with Crippen LogP contribution in [0.5, 0.6) is 0 Å². The highest BCUT2D eigenvalue weighted by Crippen LogP contribution is 2.44. The van der Waals surface area contributed by atoms with E-state index in [0.29, 0.717) is 0 Å². The standard InChI is InChI=1S/C17H15F3N4O4/c1-9(25)23-16(17(18,19)20)11-12(21-14(16)27)24(15(28)22-13(11)26)8-7-10-5-3-2-4-6-10/h2-6H,7-8H2,1H3,(H,21,27)(H,23,25)(H,22,26,28)/t16-/m0/s1. The third kappa shape index (κ3) is 2.98. The molecule has 1 aliphatic rings. The molecule has 0 spiro atoms. The summed E-state index contributed by atoms with van der Waals surface area (Å²) in [4.78, 5) is 50.0. The number of nitrogens with one attached hydrogen (secondary N) is 3. The largest absolute Gasteiger partial charge is 0.425 e. The van der Waals surface area contributed by atoms with Crippen LogP contribution >= 0.6 is 0 Å². The predicted octanol–water partition coefficient (Wildman–Crippen LogP) is 0.625. The zero-order chi connectivity index (χ0) is 20.7. The van der Waals surface area contributed by atoms with Crippen LogP contribution < -0.4 is 21.9 Å². The van der Waals surface area contributed by atoms with Crippen LogP contribution in [0.4, 0.5) is 19.0 Å². The molecule has 148 valence electrons. The Morgan fingerprint density at radius 1 is 1.18 bits per heavy atom. The number of carbonyl (C=O) groups excluding carboxylic acids is 2. The maximum Gasteiger partial charge on any atom is 0.425 e. The number of halogens is 3. The van der Waals surface area contributed by atoms with Crippen molar-refractivity contribution in [3.63, 3.8) is 0 Å². The van der Waals surface area contributed by atoms with Gasteiger partial charge in [-0.3, -0.25) is 23.9 Å². The van der Waals surface area contributed by atoms with Gasteiger partial charge >= 0.3 is 11.9 Å². The first-order valence-electron chi connectivity index (χ1n) is 8.16. The third-order valence-corrected chi connectivity index (χ3v) is 4.40. The summed E-state index contributed by atoms with van der Waals surface area (Å²) in [6.45, 7) is 0.689. The molecule has 2 heterocycles. The van der Waals surface area contributed by atoms with Gasteiger partial charge in [0.2, 0.25) is 11.4 Å². The van der Waals surface area contributed by atoms with Gasteiger partial charge in [0, 0.05) is 13.5 Å². The number of nitrogens with zero attached hydrogens (tertiary/aromatic N) is 1. The van der Waals surface area contributed by atoms with Gasteiger partial charge in [-0.25, -0.2) is 4.79 Å². The normalized spacial score (nSPS) is 18.5. The van der Waals surface area contributed by atoms with E-state index >= 15 is 0 Å². The third-order valence-electron chi connectivity index (χ3n) is 4.40. The van der Waals surface area contributed by atoms with Crippen molar-refractivity contribution in [2.45, 2.75) is 31.6 Å². The summed E-state index contributed by atoms with van der Waals surface area (Å²) in [5, 5.41) is 3.51. The summed E-state index contributed by atoms with van der Waals surface area (Å²) in [5.41, 5.74) is -6.22. The highest BCUT2D eigenvalue weighted by atomic mass is 19.4. The topological polar surface area (TPSA) is 113 Å². The second kappa shape index (κ2) is 6.66. The van der Waals surface area contributed by atoms with E-state index in [0.717, 1.165) is 17.1 Å². The fraction of sp³-hybridized carbons (Fsp3) is 0.294. The molecule has 1 atom stereocenters. The van der Waals surface area contributed by atoms with E-state index in [1.165, 1.54) is 0 Å². The average Bonchev–Trinajstić information content (AvgIpc) is 2.88. The van der Waals surface area contributed by atoms with E-state index in [-0.39, 0.29) is 13.0 Å². The zero-order valence-electron chi connectivity index (χ0n) is 14.5. The van der Waals surface area contributed by atoms with Crippen LogP contribution in [-0.4, -0.2) is 27.5 Å². The second-order valence-corrected chi connectivity index (χ2v) is 6.25. The minimum Gasteiger partial charge on any atom is -0.331 e. The molecule has 0 saturated carbocycles. The van der Waals surface area contributed by atoms with E-state index in [1.807, 2.05) is 5.32 Å². The Morgan fingerprint density at radius 3 is 2.39 bits per heavy atom. The lowest BCUT2D eigenvalue weighted by molar-refractivity contribution is -0.200. The quantitative estimate of drug-likeness (QED) is 0.703. The molecule has 11 heteroatoms. The molecule has 0 aliphatic carbocycles. The number of anilines is 1. The highest BCUT2D eigenvalue weighted by molar-refractivity contribution is 6.07. The number of aromatic amines is 1.